The predicted molar refractivity (Wildman–Crippen MR) is 228 cm³/mol. The van der Waals surface area contributed by atoms with Crippen molar-refractivity contribution in [3.63, 3.8) is 0 Å². The summed E-state index contributed by atoms with van der Waals surface area (Å²) in [5, 5.41) is 2.52. The molecule has 0 N–H and O–H groups in total. The summed E-state index contributed by atoms with van der Waals surface area (Å²) in [6.45, 7) is 9.61. The highest BCUT2D eigenvalue weighted by atomic mass is 15.1. The average Bonchev–Trinajstić information content (AvgIpc) is 3.56. The molecule has 8 aromatic carbocycles. The van der Waals surface area contributed by atoms with E-state index in [9.17, 15) is 0 Å². The summed E-state index contributed by atoms with van der Waals surface area (Å²) in [6, 6.07) is 66.7. The van der Waals surface area contributed by atoms with Crippen molar-refractivity contribution in [1.82, 2.24) is 0 Å². The van der Waals surface area contributed by atoms with E-state index in [2.05, 4.69) is 219 Å². The lowest BCUT2D eigenvalue weighted by Gasteiger charge is -2.28. The number of hydrogen-bond donors (Lipinski definition) is 0. The zero-order valence-electron chi connectivity index (χ0n) is 31.2. The van der Waals surface area contributed by atoms with Gasteiger partial charge in [-0.2, -0.15) is 0 Å². The molecule has 0 saturated heterocycles. The molecule has 0 aliphatic heterocycles. The molecule has 260 valence electrons. The van der Waals surface area contributed by atoms with E-state index in [4.69, 9.17) is 0 Å². The quantitative estimate of drug-likeness (QED) is 0.171. The van der Waals surface area contributed by atoms with Crippen molar-refractivity contribution in [3.8, 4) is 22.3 Å². The fraction of sp³-hybridized carbons (Fsp3) is 0.115. The SMILES string of the molecule is CC1(C)c2cc(N(c3ccccc3)c3ccccc3)ccc2-c2cc3c(cc21)-c1cc2ccc(N(c4ccccc4)c4ccccc4)cc2cc1C3(C)C. The number of para-hydroxylation sites is 4. The van der Waals surface area contributed by atoms with Crippen LogP contribution in [0.5, 0.6) is 0 Å². The molecule has 0 saturated carbocycles. The van der Waals surface area contributed by atoms with Gasteiger partial charge in [-0.3, -0.25) is 0 Å². The molecular weight excluding hydrogens is 653 g/mol. The van der Waals surface area contributed by atoms with Gasteiger partial charge in [0.1, 0.15) is 0 Å². The fourth-order valence-corrected chi connectivity index (χ4v) is 9.16. The molecular formula is C52H42N2. The van der Waals surface area contributed by atoms with Crippen molar-refractivity contribution in [1.29, 1.82) is 0 Å². The zero-order chi connectivity index (χ0) is 36.6. The third-order valence-electron chi connectivity index (χ3n) is 12.0. The Kier molecular flexibility index (Phi) is 7.22. The minimum atomic E-state index is -0.161. The Labute approximate surface area is 318 Å². The van der Waals surface area contributed by atoms with Crippen LogP contribution in [-0.2, 0) is 10.8 Å². The van der Waals surface area contributed by atoms with E-state index in [1.165, 1.54) is 61.0 Å². The summed E-state index contributed by atoms with van der Waals surface area (Å²) < 4.78 is 0. The third-order valence-corrected chi connectivity index (χ3v) is 12.0. The van der Waals surface area contributed by atoms with E-state index in [1.807, 2.05) is 0 Å². The van der Waals surface area contributed by atoms with Crippen molar-refractivity contribution < 1.29 is 0 Å². The Bertz CT molecular complexity index is 2620. The molecule has 0 unspecified atom stereocenters. The minimum Gasteiger partial charge on any atom is -0.310 e. The maximum atomic E-state index is 2.52. The summed E-state index contributed by atoms with van der Waals surface area (Å²) in [5.74, 6) is 0. The van der Waals surface area contributed by atoms with Gasteiger partial charge in [0, 0.05) is 45.0 Å². The van der Waals surface area contributed by atoms with E-state index in [0.717, 1.165) is 28.4 Å². The number of fused-ring (bicyclic) bond motifs is 7. The van der Waals surface area contributed by atoms with Crippen molar-refractivity contribution in [3.05, 3.63) is 204 Å². The van der Waals surface area contributed by atoms with Crippen LogP contribution >= 0.6 is 0 Å². The molecule has 0 fully saturated rings. The molecule has 0 aromatic heterocycles. The van der Waals surface area contributed by atoms with Crippen LogP contribution in [-0.4, -0.2) is 0 Å². The van der Waals surface area contributed by atoms with Crippen LogP contribution in [0.25, 0.3) is 33.0 Å². The smallest absolute Gasteiger partial charge is 0.0468 e. The summed E-state index contributed by atoms with van der Waals surface area (Å²) in [4.78, 5) is 4.72. The van der Waals surface area contributed by atoms with Crippen molar-refractivity contribution in [2.24, 2.45) is 0 Å². The summed E-state index contributed by atoms with van der Waals surface area (Å²) in [5.41, 5.74) is 17.6. The molecule has 2 aliphatic carbocycles. The molecule has 0 radical (unpaired) electrons. The third kappa shape index (κ3) is 4.94. The minimum absolute atomic E-state index is 0.146. The second-order valence-corrected chi connectivity index (χ2v) is 15.9. The van der Waals surface area contributed by atoms with Gasteiger partial charge >= 0.3 is 0 Å². The van der Waals surface area contributed by atoms with Gasteiger partial charge in [-0.1, -0.05) is 113 Å². The van der Waals surface area contributed by atoms with Crippen LogP contribution in [0.3, 0.4) is 0 Å². The topological polar surface area (TPSA) is 6.48 Å². The van der Waals surface area contributed by atoms with Crippen LogP contribution < -0.4 is 9.80 Å². The van der Waals surface area contributed by atoms with E-state index in [-0.39, 0.29) is 10.8 Å². The van der Waals surface area contributed by atoms with Gasteiger partial charge in [0.25, 0.3) is 0 Å². The first kappa shape index (κ1) is 32.3. The molecule has 2 heteroatoms. The highest BCUT2D eigenvalue weighted by Crippen LogP contribution is 2.57. The highest BCUT2D eigenvalue weighted by molar-refractivity contribution is 5.98. The normalized spacial score (nSPS) is 14.2. The van der Waals surface area contributed by atoms with Crippen molar-refractivity contribution in [2.45, 2.75) is 38.5 Å². The fourth-order valence-electron chi connectivity index (χ4n) is 9.16. The molecule has 0 atom stereocenters. The van der Waals surface area contributed by atoms with Crippen LogP contribution in [0.1, 0.15) is 49.9 Å². The first-order valence-electron chi connectivity index (χ1n) is 19.0. The van der Waals surface area contributed by atoms with Gasteiger partial charge in [-0.15, -0.1) is 0 Å². The van der Waals surface area contributed by atoms with Crippen molar-refractivity contribution in [2.75, 3.05) is 9.80 Å². The van der Waals surface area contributed by atoms with E-state index in [1.54, 1.807) is 0 Å². The Hall–Kier alpha value is -6.38. The molecule has 0 spiro atoms. The summed E-state index contributed by atoms with van der Waals surface area (Å²) >= 11 is 0. The number of rotatable bonds is 6. The van der Waals surface area contributed by atoms with Gasteiger partial charge in [0.05, 0.1) is 0 Å². The monoisotopic (exact) mass is 694 g/mol. The van der Waals surface area contributed by atoms with Gasteiger partial charge in [0.2, 0.25) is 0 Å². The highest BCUT2D eigenvalue weighted by Gasteiger charge is 2.42. The van der Waals surface area contributed by atoms with Crippen molar-refractivity contribution >= 4 is 44.9 Å². The Morgan fingerprint density at radius 1 is 0.278 bits per heavy atom. The summed E-state index contributed by atoms with van der Waals surface area (Å²) in [6.07, 6.45) is 0. The van der Waals surface area contributed by atoms with E-state index < -0.39 is 0 Å². The number of nitrogens with zero attached hydrogens (tertiary/aromatic N) is 2. The van der Waals surface area contributed by atoms with Crippen LogP contribution in [0.15, 0.2) is 182 Å². The first-order chi connectivity index (χ1) is 26.3. The van der Waals surface area contributed by atoms with Gasteiger partial charge < -0.3 is 9.80 Å². The van der Waals surface area contributed by atoms with Gasteiger partial charge in [-0.05, 0) is 152 Å². The van der Waals surface area contributed by atoms with E-state index >= 15 is 0 Å². The predicted octanol–water partition coefficient (Wildman–Crippen LogP) is 14.4. The lowest BCUT2D eigenvalue weighted by molar-refractivity contribution is 0.652. The largest absolute Gasteiger partial charge is 0.310 e. The Morgan fingerprint density at radius 3 is 1.13 bits per heavy atom. The van der Waals surface area contributed by atoms with Gasteiger partial charge in [0.15, 0.2) is 0 Å². The lowest BCUT2D eigenvalue weighted by Crippen LogP contribution is -2.17. The second kappa shape index (κ2) is 12.1. The molecule has 2 nitrogen and oxygen atoms in total. The number of anilines is 6. The van der Waals surface area contributed by atoms with E-state index in [0.29, 0.717) is 0 Å². The molecule has 8 aromatic rings. The van der Waals surface area contributed by atoms with Crippen LogP contribution in [0.4, 0.5) is 34.1 Å². The first-order valence-corrected chi connectivity index (χ1v) is 19.0. The zero-order valence-corrected chi connectivity index (χ0v) is 31.2. The number of benzene rings is 8. The maximum absolute atomic E-state index is 2.52. The molecule has 54 heavy (non-hydrogen) atoms. The van der Waals surface area contributed by atoms with Gasteiger partial charge in [-0.25, -0.2) is 0 Å². The molecule has 10 rings (SSSR count). The molecule has 0 amide bonds. The number of hydrogen-bond acceptors (Lipinski definition) is 2. The Balaban J connectivity index is 1.07. The lowest BCUT2D eigenvalue weighted by atomic mass is 9.79. The average molecular weight is 695 g/mol. The molecule has 0 bridgehead atoms. The maximum Gasteiger partial charge on any atom is 0.0468 e. The van der Waals surface area contributed by atoms with Crippen LogP contribution in [0.2, 0.25) is 0 Å². The summed E-state index contributed by atoms with van der Waals surface area (Å²) in [7, 11) is 0. The standard InChI is InChI=1S/C52H42N2/c1-51(2)47-31-36-29-41(53(37-17-9-5-10-18-37)38-19-11-6-12-20-38)26-25-35(36)30-44(47)46-34-49-45(33-50(46)51)43-28-27-42(32-48(43)52(49,3)4)54(39-21-13-7-14-22-39)40-23-15-8-16-24-40/h5-34H,1-4H3. The Morgan fingerprint density at radius 2 is 0.648 bits per heavy atom. The van der Waals surface area contributed by atoms with Crippen LogP contribution in [0, 0.1) is 0 Å². The second-order valence-electron chi connectivity index (χ2n) is 15.9. The molecule has 2 aliphatic rings. The molecule has 0 heterocycles.